The van der Waals surface area contributed by atoms with Crippen LogP contribution in [0.1, 0.15) is 36.6 Å². The van der Waals surface area contributed by atoms with Crippen LogP contribution in [0.25, 0.3) is 0 Å². The van der Waals surface area contributed by atoms with Crippen LogP contribution in [0.2, 0.25) is 0 Å². The molecule has 3 heteroatoms. The summed E-state index contributed by atoms with van der Waals surface area (Å²) in [5.41, 5.74) is 3.75. The number of rotatable bonds is 7. The van der Waals surface area contributed by atoms with Gasteiger partial charge in [-0.15, -0.1) is 0 Å². The van der Waals surface area contributed by atoms with Crippen molar-refractivity contribution in [2.75, 3.05) is 6.54 Å². The van der Waals surface area contributed by atoms with E-state index in [1.807, 2.05) is 23.1 Å². The molecule has 1 amide bonds. The van der Waals surface area contributed by atoms with Crippen molar-refractivity contribution >= 4 is 5.91 Å². The molecule has 1 aliphatic rings. The molecule has 154 valence electrons. The topological polar surface area (TPSA) is 23.6 Å². The van der Waals surface area contributed by atoms with Crippen molar-refractivity contribution in [2.45, 2.75) is 39.0 Å². The molecule has 3 atom stereocenters. The predicted octanol–water partition coefficient (Wildman–Crippen LogP) is 5.30. The Kier molecular flexibility index (Phi) is 6.29. The molecule has 1 fully saturated rings. The first-order chi connectivity index (χ1) is 14.6. The lowest BCUT2D eigenvalue weighted by molar-refractivity contribution is -0.131. The Morgan fingerprint density at radius 3 is 2.00 bits per heavy atom. The summed E-state index contributed by atoms with van der Waals surface area (Å²) in [6.45, 7) is 6.62. The van der Waals surface area contributed by atoms with E-state index >= 15 is 0 Å². The van der Waals surface area contributed by atoms with Crippen LogP contribution < -0.4 is 0 Å². The Hall–Kier alpha value is -2.91. The molecule has 1 saturated heterocycles. The number of benzene rings is 3. The minimum absolute atomic E-state index is 0.0245. The van der Waals surface area contributed by atoms with Crippen molar-refractivity contribution in [1.29, 1.82) is 0 Å². The molecule has 1 heterocycles. The molecule has 3 aromatic carbocycles. The van der Waals surface area contributed by atoms with Crippen LogP contribution in [-0.4, -0.2) is 28.3 Å². The Morgan fingerprint density at radius 2 is 1.40 bits per heavy atom. The Bertz CT molecular complexity index is 942. The molecule has 30 heavy (non-hydrogen) atoms. The van der Waals surface area contributed by atoms with E-state index in [2.05, 4.69) is 91.5 Å². The lowest BCUT2D eigenvalue weighted by Gasteiger charge is -2.36. The molecular formula is C27H30N2O. The second-order valence-corrected chi connectivity index (χ2v) is 8.30. The summed E-state index contributed by atoms with van der Waals surface area (Å²) < 4.78 is 0. The van der Waals surface area contributed by atoms with Crippen LogP contribution in [0, 0.1) is 5.92 Å². The van der Waals surface area contributed by atoms with E-state index in [4.69, 9.17) is 0 Å². The number of carbonyl (C=O) groups is 1. The second-order valence-electron chi connectivity index (χ2n) is 8.30. The maximum atomic E-state index is 13.1. The average molecular weight is 399 g/mol. The minimum atomic E-state index is -0.0245. The summed E-state index contributed by atoms with van der Waals surface area (Å²) >= 11 is 0. The van der Waals surface area contributed by atoms with Gasteiger partial charge in [-0.05, 0) is 23.6 Å². The molecule has 0 N–H and O–H groups in total. The maximum absolute atomic E-state index is 13.1. The van der Waals surface area contributed by atoms with E-state index in [0.29, 0.717) is 6.54 Å². The molecule has 0 aromatic heterocycles. The first kappa shape index (κ1) is 20.4. The van der Waals surface area contributed by atoms with Crippen LogP contribution in [0.5, 0.6) is 0 Å². The summed E-state index contributed by atoms with van der Waals surface area (Å²) in [6.07, 6.45) is 0. The van der Waals surface area contributed by atoms with Gasteiger partial charge in [0.1, 0.15) is 0 Å². The van der Waals surface area contributed by atoms with Gasteiger partial charge in [0.15, 0.2) is 0 Å². The number of carbonyl (C=O) groups excluding carboxylic acids is 1. The molecule has 1 aliphatic heterocycles. The molecule has 0 unspecified atom stereocenters. The zero-order valence-corrected chi connectivity index (χ0v) is 17.8. The van der Waals surface area contributed by atoms with Crippen LogP contribution >= 0.6 is 0 Å². The molecule has 3 nitrogen and oxygen atoms in total. The van der Waals surface area contributed by atoms with E-state index in [0.717, 1.165) is 13.1 Å². The van der Waals surface area contributed by atoms with Crippen molar-refractivity contribution in [3.8, 4) is 0 Å². The van der Waals surface area contributed by atoms with E-state index in [1.165, 1.54) is 16.7 Å². The van der Waals surface area contributed by atoms with Crippen LogP contribution in [0.4, 0.5) is 0 Å². The molecule has 0 spiro atoms. The largest absolute Gasteiger partial charge is 0.336 e. The molecular weight excluding hydrogens is 368 g/mol. The zero-order valence-electron chi connectivity index (χ0n) is 17.8. The molecule has 0 aliphatic carbocycles. The first-order valence-corrected chi connectivity index (χ1v) is 10.8. The van der Waals surface area contributed by atoms with E-state index in [9.17, 15) is 4.79 Å². The molecule has 4 rings (SSSR count). The van der Waals surface area contributed by atoms with E-state index in [1.54, 1.807) is 0 Å². The average Bonchev–Trinajstić information content (AvgIpc) is 3.07. The summed E-state index contributed by atoms with van der Waals surface area (Å²) in [7, 11) is 0. The van der Waals surface area contributed by atoms with Gasteiger partial charge >= 0.3 is 0 Å². The van der Waals surface area contributed by atoms with Gasteiger partial charge in [0.25, 0.3) is 0 Å². The minimum Gasteiger partial charge on any atom is -0.336 e. The third-order valence-corrected chi connectivity index (χ3v) is 6.32. The third kappa shape index (κ3) is 4.47. The zero-order chi connectivity index (χ0) is 20.9. The van der Waals surface area contributed by atoms with Crippen LogP contribution in [0.3, 0.4) is 0 Å². The second kappa shape index (κ2) is 9.27. The summed E-state index contributed by atoms with van der Waals surface area (Å²) in [4.78, 5) is 17.7. The number of nitrogens with zero attached hydrogens (tertiary/aromatic N) is 2. The monoisotopic (exact) mass is 398 g/mol. The molecule has 3 aromatic rings. The van der Waals surface area contributed by atoms with Crippen molar-refractivity contribution in [1.82, 2.24) is 9.80 Å². The first-order valence-electron chi connectivity index (χ1n) is 10.8. The number of hydrogen-bond acceptors (Lipinski definition) is 2. The number of hydrogen-bond donors (Lipinski definition) is 0. The quantitative estimate of drug-likeness (QED) is 0.539. The fourth-order valence-corrected chi connectivity index (χ4v) is 4.52. The highest BCUT2D eigenvalue weighted by Gasteiger charge is 2.41. The summed E-state index contributed by atoms with van der Waals surface area (Å²) in [5.74, 6) is 0.228. The van der Waals surface area contributed by atoms with Gasteiger partial charge in [-0.1, -0.05) is 97.9 Å². The maximum Gasteiger partial charge on any atom is 0.227 e. The lowest BCUT2D eigenvalue weighted by Crippen LogP contribution is -2.41. The van der Waals surface area contributed by atoms with Gasteiger partial charge in [0, 0.05) is 31.7 Å². The highest BCUT2D eigenvalue weighted by molar-refractivity contribution is 5.81. The normalized spacial score (nSPS) is 20.0. The highest BCUT2D eigenvalue weighted by atomic mass is 16.2. The van der Waals surface area contributed by atoms with Gasteiger partial charge in [-0.25, -0.2) is 0 Å². The SMILES string of the molecule is C[C@H]1C(=O)N(Cc2ccccc2)C[C@@H]1N(Cc1ccccc1)[C@@H](C)c1ccccc1. The van der Waals surface area contributed by atoms with Crippen molar-refractivity contribution < 1.29 is 4.79 Å². The van der Waals surface area contributed by atoms with Crippen LogP contribution in [-0.2, 0) is 17.9 Å². The summed E-state index contributed by atoms with van der Waals surface area (Å²) in [6, 6.07) is 31.9. The van der Waals surface area contributed by atoms with Crippen molar-refractivity contribution in [3.63, 3.8) is 0 Å². The highest BCUT2D eigenvalue weighted by Crippen LogP contribution is 2.32. The smallest absolute Gasteiger partial charge is 0.227 e. The van der Waals surface area contributed by atoms with Gasteiger partial charge in [0.2, 0.25) is 5.91 Å². The lowest BCUT2D eigenvalue weighted by atomic mass is 9.98. The fourth-order valence-electron chi connectivity index (χ4n) is 4.52. The van der Waals surface area contributed by atoms with Crippen molar-refractivity contribution in [3.05, 3.63) is 108 Å². The molecule has 0 saturated carbocycles. The fraction of sp³-hybridized carbons (Fsp3) is 0.296. The standard InChI is InChI=1S/C27H30N2O/c1-21-26(20-28(27(21)30)18-23-12-6-3-7-13-23)29(19-24-14-8-4-9-15-24)22(2)25-16-10-5-11-17-25/h3-17,21-22,26H,18-20H2,1-2H3/t21-,22+,26+/m1/s1. The summed E-state index contributed by atoms with van der Waals surface area (Å²) in [5, 5.41) is 0. The van der Waals surface area contributed by atoms with E-state index < -0.39 is 0 Å². The van der Waals surface area contributed by atoms with Gasteiger partial charge in [0.05, 0.1) is 5.92 Å². The van der Waals surface area contributed by atoms with Crippen molar-refractivity contribution in [2.24, 2.45) is 5.92 Å². The number of amides is 1. The van der Waals surface area contributed by atoms with E-state index in [-0.39, 0.29) is 23.9 Å². The Balaban J connectivity index is 1.60. The third-order valence-electron chi connectivity index (χ3n) is 6.32. The van der Waals surface area contributed by atoms with Crippen LogP contribution in [0.15, 0.2) is 91.0 Å². The van der Waals surface area contributed by atoms with Gasteiger partial charge < -0.3 is 4.90 Å². The Labute approximate surface area is 180 Å². The molecule has 0 bridgehead atoms. The van der Waals surface area contributed by atoms with Gasteiger partial charge in [-0.3, -0.25) is 9.69 Å². The Morgan fingerprint density at radius 1 is 0.867 bits per heavy atom. The number of likely N-dealkylation sites (tertiary alicyclic amines) is 1. The molecule has 0 radical (unpaired) electrons. The predicted molar refractivity (Wildman–Crippen MR) is 122 cm³/mol. The van der Waals surface area contributed by atoms with Gasteiger partial charge in [-0.2, -0.15) is 0 Å².